The second-order valence-corrected chi connectivity index (χ2v) is 6.63. The van der Waals surface area contributed by atoms with Gasteiger partial charge in [0, 0.05) is 56.0 Å². The number of piperazine rings is 1. The van der Waals surface area contributed by atoms with Crippen LogP contribution in [0.3, 0.4) is 0 Å². The highest BCUT2D eigenvalue weighted by Gasteiger charge is 2.24. The number of anilines is 2. The molecule has 3 rings (SSSR count). The Labute approximate surface area is 159 Å². The number of benzene rings is 1. The van der Waals surface area contributed by atoms with Crippen molar-refractivity contribution in [2.24, 2.45) is 0 Å². The van der Waals surface area contributed by atoms with E-state index in [0.29, 0.717) is 18.8 Å². The molecule has 0 spiro atoms. The highest BCUT2D eigenvalue weighted by Crippen LogP contribution is 2.21. The molecule has 0 radical (unpaired) electrons. The SMILES string of the molecule is CCN(CC)c1cc(C(=O)N2CCN(c3cccc(Cl)c3)CC2)ncn1. The van der Waals surface area contributed by atoms with Crippen LogP contribution in [0.1, 0.15) is 24.3 Å². The summed E-state index contributed by atoms with van der Waals surface area (Å²) < 4.78 is 0. The van der Waals surface area contributed by atoms with Gasteiger partial charge in [-0.25, -0.2) is 9.97 Å². The zero-order valence-corrected chi connectivity index (χ0v) is 16.0. The Morgan fingerprint density at radius 2 is 1.85 bits per heavy atom. The van der Waals surface area contributed by atoms with Gasteiger partial charge in [0.1, 0.15) is 17.8 Å². The van der Waals surface area contributed by atoms with Crippen molar-refractivity contribution in [3.05, 3.63) is 47.4 Å². The molecule has 0 unspecified atom stereocenters. The Kier molecular flexibility index (Phi) is 5.93. The van der Waals surface area contributed by atoms with Crippen molar-refractivity contribution in [2.45, 2.75) is 13.8 Å². The van der Waals surface area contributed by atoms with Gasteiger partial charge in [0.15, 0.2) is 0 Å². The predicted molar refractivity (Wildman–Crippen MR) is 105 cm³/mol. The minimum absolute atomic E-state index is 0.0356. The molecule has 0 bridgehead atoms. The number of aromatic nitrogens is 2. The van der Waals surface area contributed by atoms with E-state index in [1.807, 2.05) is 29.2 Å². The van der Waals surface area contributed by atoms with Crippen LogP contribution >= 0.6 is 11.6 Å². The third kappa shape index (κ3) is 4.07. The lowest BCUT2D eigenvalue weighted by Crippen LogP contribution is -2.49. The molecule has 138 valence electrons. The summed E-state index contributed by atoms with van der Waals surface area (Å²) in [5.41, 5.74) is 1.55. The summed E-state index contributed by atoms with van der Waals surface area (Å²) >= 11 is 6.08. The summed E-state index contributed by atoms with van der Waals surface area (Å²) in [7, 11) is 0. The quantitative estimate of drug-likeness (QED) is 0.806. The first-order valence-electron chi connectivity index (χ1n) is 8.99. The highest BCUT2D eigenvalue weighted by atomic mass is 35.5. The van der Waals surface area contributed by atoms with Crippen LogP contribution in [-0.4, -0.2) is 60.0 Å². The topological polar surface area (TPSA) is 52.6 Å². The van der Waals surface area contributed by atoms with Crippen LogP contribution in [0.2, 0.25) is 5.02 Å². The molecule has 1 aliphatic rings. The molecule has 1 fully saturated rings. The number of rotatable bonds is 5. The van der Waals surface area contributed by atoms with Crippen molar-refractivity contribution < 1.29 is 4.79 Å². The second-order valence-electron chi connectivity index (χ2n) is 6.19. The average Bonchev–Trinajstić information content (AvgIpc) is 2.69. The van der Waals surface area contributed by atoms with Crippen LogP contribution in [0.15, 0.2) is 36.7 Å². The molecule has 1 aromatic carbocycles. The maximum absolute atomic E-state index is 12.8. The van der Waals surface area contributed by atoms with E-state index in [1.165, 1.54) is 6.33 Å². The van der Waals surface area contributed by atoms with E-state index in [4.69, 9.17) is 11.6 Å². The molecule has 26 heavy (non-hydrogen) atoms. The summed E-state index contributed by atoms with van der Waals surface area (Å²) in [6.07, 6.45) is 1.48. The average molecular weight is 374 g/mol. The first-order chi connectivity index (χ1) is 12.6. The van der Waals surface area contributed by atoms with Crippen LogP contribution in [-0.2, 0) is 0 Å². The monoisotopic (exact) mass is 373 g/mol. The minimum Gasteiger partial charge on any atom is -0.368 e. The minimum atomic E-state index is -0.0356. The highest BCUT2D eigenvalue weighted by molar-refractivity contribution is 6.30. The molecular weight excluding hydrogens is 350 g/mol. The van der Waals surface area contributed by atoms with Crippen LogP contribution in [0.4, 0.5) is 11.5 Å². The van der Waals surface area contributed by atoms with Gasteiger partial charge >= 0.3 is 0 Å². The summed E-state index contributed by atoms with van der Waals surface area (Å²) in [5.74, 6) is 0.762. The molecular formula is C19H24ClN5O. The third-order valence-electron chi connectivity index (χ3n) is 4.70. The van der Waals surface area contributed by atoms with Crippen molar-refractivity contribution in [3.8, 4) is 0 Å². The van der Waals surface area contributed by atoms with E-state index in [0.717, 1.165) is 42.7 Å². The summed E-state index contributed by atoms with van der Waals surface area (Å²) in [6.45, 7) is 8.72. The number of hydrogen-bond acceptors (Lipinski definition) is 5. The molecule has 1 aliphatic heterocycles. The number of carbonyl (C=O) groups excluding carboxylic acids is 1. The van der Waals surface area contributed by atoms with Crippen LogP contribution in [0, 0.1) is 0 Å². The fourth-order valence-electron chi connectivity index (χ4n) is 3.19. The van der Waals surface area contributed by atoms with Gasteiger partial charge in [-0.1, -0.05) is 17.7 Å². The van der Waals surface area contributed by atoms with Gasteiger partial charge in [0.05, 0.1) is 0 Å². The van der Waals surface area contributed by atoms with Gasteiger partial charge in [-0.05, 0) is 32.0 Å². The van der Waals surface area contributed by atoms with Gasteiger partial charge < -0.3 is 14.7 Å². The van der Waals surface area contributed by atoms with Gasteiger partial charge in [0.2, 0.25) is 0 Å². The number of carbonyl (C=O) groups is 1. The first-order valence-corrected chi connectivity index (χ1v) is 9.37. The predicted octanol–water partition coefficient (Wildman–Crippen LogP) is 2.94. The summed E-state index contributed by atoms with van der Waals surface area (Å²) in [6, 6.07) is 9.61. The molecule has 2 heterocycles. The molecule has 0 N–H and O–H groups in total. The fourth-order valence-corrected chi connectivity index (χ4v) is 3.37. The van der Waals surface area contributed by atoms with E-state index >= 15 is 0 Å². The van der Waals surface area contributed by atoms with Gasteiger partial charge in [-0.15, -0.1) is 0 Å². The lowest BCUT2D eigenvalue weighted by molar-refractivity contribution is 0.0740. The fraction of sp³-hybridized carbons (Fsp3) is 0.421. The first kappa shape index (κ1) is 18.5. The zero-order chi connectivity index (χ0) is 18.5. The Morgan fingerprint density at radius 1 is 1.12 bits per heavy atom. The van der Waals surface area contributed by atoms with Gasteiger partial charge in [-0.2, -0.15) is 0 Å². The Morgan fingerprint density at radius 3 is 2.50 bits per heavy atom. The van der Waals surface area contributed by atoms with Crippen molar-refractivity contribution in [2.75, 3.05) is 49.1 Å². The van der Waals surface area contributed by atoms with Crippen molar-refractivity contribution in [3.63, 3.8) is 0 Å². The lowest BCUT2D eigenvalue weighted by Gasteiger charge is -2.36. The normalized spacial score (nSPS) is 14.4. The maximum atomic E-state index is 12.8. The van der Waals surface area contributed by atoms with Crippen molar-refractivity contribution in [1.29, 1.82) is 0 Å². The van der Waals surface area contributed by atoms with E-state index in [2.05, 4.69) is 33.6 Å². The summed E-state index contributed by atoms with van der Waals surface area (Å²) in [5, 5.41) is 0.728. The Bertz CT molecular complexity index is 757. The number of amides is 1. The zero-order valence-electron chi connectivity index (χ0n) is 15.2. The molecule has 1 aromatic heterocycles. The molecule has 1 saturated heterocycles. The summed E-state index contributed by atoms with van der Waals surface area (Å²) in [4.78, 5) is 27.5. The van der Waals surface area contributed by atoms with E-state index in [-0.39, 0.29) is 5.91 Å². The smallest absolute Gasteiger partial charge is 0.272 e. The maximum Gasteiger partial charge on any atom is 0.272 e. The Balaban J connectivity index is 1.66. The second kappa shape index (κ2) is 8.36. The van der Waals surface area contributed by atoms with E-state index in [9.17, 15) is 4.79 Å². The van der Waals surface area contributed by atoms with Crippen LogP contribution < -0.4 is 9.80 Å². The molecule has 0 atom stereocenters. The third-order valence-corrected chi connectivity index (χ3v) is 4.93. The molecule has 7 heteroatoms. The molecule has 1 amide bonds. The van der Waals surface area contributed by atoms with Crippen LogP contribution in [0.25, 0.3) is 0 Å². The lowest BCUT2D eigenvalue weighted by atomic mass is 10.2. The molecule has 6 nitrogen and oxygen atoms in total. The van der Waals surface area contributed by atoms with Gasteiger partial charge in [-0.3, -0.25) is 4.79 Å². The van der Waals surface area contributed by atoms with Gasteiger partial charge in [0.25, 0.3) is 5.91 Å². The standard InChI is InChI=1S/C19H24ClN5O/c1-3-23(4-2)18-13-17(21-14-22-18)19(26)25-10-8-24(9-11-25)16-7-5-6-15(20)12-16/h5-7,12-14H,3-4,8-11H2,1-2H3. The van der Waals surface area contributed by atoms with Crippen molar-refractivity contribution in [1.82, 2.24) is 14.9 Å². The van der Waals surface area contributed by atoms with E-state index in [1.54, 1.807) is 6.07 Å². The van der Waals surface area contributed by atoms with Crippen LogP contribution in [0.5, 0.6) is 0 Å². The number of hydrogen-bond donors (Lipinski definition) is 0. The number of halogens is 1. The molecule has 2 aromatic rings. The molecule has 0 aliphatic carbocycles. The molecule has 0 saturated carbocycles. The number of nitrogens with zero attached hydrogens (tertiary/aromatic N) is 5. The Hall–Kier alpha value is -2.34. The largest absolute Gasteiger partial charge is 0.368 e. The van der Waals surface area contributed by atoms with E-state index < -0.39 is 0 Å². The van der Waals surface area contributed by atoms with Crippen molar-refractivity contribution >= 4 is 29.0 Å².